The normalized spacial score (nSPS) is 19.4. The molecule has 5 nitrogen and oxygen atoms in total. The van der Waals surface area contributed by atoms with Gasteiger partial charge in [-0.2, -0.15) is 0 Å². The molecule has 0 spiro atoms. The lowest BCUT2D eigenvalue weighted by Gasteiger charge is -2.31. The molecule has 7 heteroatoms. The van der Waals surface area contributed by atoms with Gasteiger partial charge in [0.15, 0.2) is 5.13 Å². The maximum atomic E-state index is 13.3. The molecule has 4 rings (SSSR count). The van der Waals surface area contributed by atoms with Gasteiger partial charge in [0.25, 0.3) is 0 Å². The van der Waals surface area contributed by atoms with Crippen LogP contribution < -0.4 is 4.90 Å². The van der Waals surface area contributed by atoms with Crippen molar-refractivity contribution in [3.05, 3.63) is 23.2 Å². The van der Waals surface area contributed by atoms with Crippen LogP contribution in [0, 0.1) is 5.92 Å². The van der Waals surface area contributed by atoms with Crippen LogP contribution in [-0.2, 0) is 9.53 Å². The van der Waals surface area contributed by atoms with E-state index in [9.17, 15) is 4.79 Å². The summed E-state index contributed by atoms with van der Waals surface area (Å²) in [6, 6.07) is 5.72. The Morgan fingerprint density at radius 1 is 1.26 bits per heavy atom. The Kier molecular flexibility index (Phi) is 6.28. The minimum absolute atomic E-state index is 0.138. The number of anilines is 1. The van der Waals surface area contributed by atoms with Gasteiger partial charge < -0.3 is 4.74 Å². The van der Waals surface area contributed by atoms with Gasteiger partial charge in [0.1, 0.15) is 0 Å². The Bertz CT molecular complexity index is 785. The van der Waals surface area contributed by atoms with Crippen molar-refractivity contribution in [1.29, 1.82) is 0 Å². The summed E-state index contributed by atoms with van der Waals surface area (Å²) in [5.41, 5.74) is 0.909. The summed E-state index contributed by atoms with van der Waals surface area (Å²) in [6.07, 6.45) is 5.57. The van der Waals surface area contributed by atoms with E-state index in [1.165, 1.54) is 6.42 Å². The number of carbonyl (C=O) groups is 1. The van der Waals surface area contributed by atoms with E-state index in [4.69, 9.17) is 21.3 Å². The van der Waals surface area contributed by atoms with Crippen LogP contribution >= 0.6 is 22.9 Å². The zero-order valence-corrected chi connectivity index (χ0v) is 17.1. The number of halogens is 1. The highest BCUT2D eigenvalue weighted by Crippen LogP contribution is 2.33. The molecule has 1 aromatic heterocycles. The molecule has 2 aliphatic rings. The second kappa shape index (κ2) is 8.86. The third-order valence-corrected chi connectivity index (χ3v) is 6.81. The molecular weight excluding hydrogens is 382 g/mol. The molecule has 1 aliphatic heterocycles. The van der Waals surface area contributed by atoms with E-state index in [1.807, 2.05) is 23.1 Å². The summed E-state index contributed by atoms with van der Waals surface area (Å²) < 4.78 is 6.47. The Morgan fingerprint density at radius 3 is 2.81 bits per heavy atom. The average Bonchev–Trinajstić information content (AvgIpc) is 3.12. The molecule has 0 unspecified atom stereocenters. The highest BCUT2D eigenvalue weighted by molar-refractivity contribution is 7.22. The van der Waals surface area contributed by atoms with Crippen LogP contribution in [0.4, 0.5) is 5.13 Å². The number of hydrogen-bond donors (Lipinski definition) is 0. The number of carbonyl (C=O) groups excluding carboxylic acids is 1. The quantitative estimate of drug-likeness (QED) is 0.745. The highest BCUT2D eigenvalue weighted by Gasteiger charge is 2.29. The predicted octanol–water partition coefficient (Wildman–Crippen LogP) is 4.20. The number of benzene rings is 1. The number of morpholine rings is 1. The van der Waals surface area contributed by atoms with Crippen LogP contribution in [-0.4, -0.2) is 55.2 Å². The number of nitrogens with zero attached hydrogens (tertiary/aromatic N) is 3. The number of fused-ring (bicyclic) bond motifs is 1. The van der Waals surface area contributed by atoms with Crippen molar-refractivity contribution in [2.75, 3.05) is 44.3 Å². The largest absolute Gasteiger partial charge is 0.379 e. The van der Waals surface area contributed by atoms with Crippen LogP contribution in [0.1, 0.15) is 32.1 Å². The van der Waals surface area contributed by atoms with Crippen LogP contribution in [0.3, 0.4) is 0 Å². The third kappa shape index (κ3) is 4.62. The first kappa shape index (κ1) is 19.1. The molecule has 0 bridgehead atoms. The Morgan fingerprint density at radius 2 is 2.04 bits per heavy atom. The van der Waals surface area contributed by atoms with Gasteiger partial charge in [-0.1, -0.05) is 42.2 Å². The molecule has 2 aromatic rings. The molecule has 1 saturated carbocycles. The lowest BCUT2D eigenvalue weighted by molar-refractivity contribution is -0.123. The molecule has 1 aliphatic carbocycles. The molecule has 27 heavy (non-hydrogen) atoms. The Hall–Kier alpha value is -1.21. The smallest absolute Gasteiger partial charge is 0.231 e. The molecule has 2 fully saturated rings. The van der Waals surface area contributed by atoms with Crippen molar-refractivity contribution in [3.63, 3.8) is 0 Å². The second-order valence-corrected chi connectivity index (χ2v) is 8.83. The maximum absolute atomic E-state index is 13.3. The van der Waals surface area contributed by atoms with Crippen molar-refractivity contribution in [2.45, 2.75) is 32.1 Å². The summed E-state index contributed by atoms with van der Waals surface area (Å²) in [6.45, 7) is 4.95. The fourth-order valence-electron chi connectivity index (χ4n) is 3.94. The van der Waals surface area contributed by atoms with Gasteiger partial charge in [-0.3, -0.25) is 14.6 Å². The monoisotopic (exact) mass is 407 g/mol. The molecule has 0 radical (unpaired) electrons. The van der Waals surface area contributed by atoms with Gasteiger partial charge >= 0.3 is 0 Å². The summed E-state index contributed by atoms with van der Waals surface area (Å²) >= 11 is 7.70. The molecule has 0 N–H and O–H groups in total. The number of ether oxygens (including phenoxy) is 1. The summed E-state index contributed by atoms with van der Waals surface area (Å²) in [5.74, 6) is 0.382. The minimum atomic E-state index is 0.138. The number of amides is 1. The summed E-state index contributed by atoms with van der Waals surface area (Å²) in [5, 5.41) is 1.51. The summed E-state index contributed by atoms with van der Waals surface area (Å²) in [7, 11) is 0. The van der Waals surface area contributed by atoms with Gasteiger partial charge in [0.05, 0.1) is 23.4 Å². The second-order valence-electron chi connectivity index (χ2n) is 7.39. The highest BCUT2D eigenvalue weighted by atomic mass is 35.5. The molecule has 2 heterocycles. The van der Waals surface area contributed by atoms with Crippen LogP contribution in [0.5, 0.6) is 0 Å². The van der Waals surface area contributed by atoms with Gasteiger partial charge in [0, 0.05) is 37.1 Å². The first-order valence-electron chi connectivity index (χ1n) is 9.88. The molecule has 0 atom stereocenters. The maximum Gasteiger partial charge on any atom is 0.231 e. The number of aromatic nitrogens is 1. The predicted molar refractivity (Wildman–Crippen MR) is 111 cm³/mol. The molecule has 146 valence electrons. The van der Waals surface area contributed by atoms with Gasteiger partial charge in [-0.25, -0.2) is 4.98 Å². The van der Waals surface area contributed by atoms with E-state index in [-0.39, 0.29) is 11.8 Å². The molecule has 1 saturated heterocycles. The molecule has 1 aromatic carbocycles. The van der Waals surface area contributed by atoms with Crippen molar-refractivity contribution in [2.24, 2.45) is 5.92 Å². The fraction of sp³-hybridized carbons (Fsp3) is 0.600. The van der Waals surface area contributed by atoms with Gasteiger partial charge in [0.2, 0.25) is 5.91 Å². The first-order valence-corrected chi connectivity index (χ1v) is 11.1. The van der Waals surface area contributed by atoms with Crippen molar-refractivity contribution < 1.29 is 9.53 Å². The van der Waals surface area contributed by atoms with E-state index in [1.54, 1.807) is 11.3 Å². The fourth-order valence-corrected chi connectivity index (χ4v) is 5.21. The topological polar surface area (TPSA) is 45.7 Å². The van der Waals surface area contributed by atoms with Crippen LogP contribution in [0.15, 0.2) is 18.2 Å². The van der Waals surface area contributed by atoms with E-state index in [0.717, 1.165) is 73.9 Å². The zero-order chi connectivity index (χ0) is 18.6. The number of rotatable bonds is 5. The lowest BCUT2D eigenvalue weighted by atomic mass is 9.88. The molecular formula is C20H26ClN3O2S. The van der Waals surface area contributed by atoms with Crippen LogP contribution in [0.2, 0.25) is 5.02 Å². The van der Waals surface area contributed by atoms with Crippen molar-refractivity contribution in [1.82, 2.24) is 9.88 Å². The van der Waals surface area contributed by atoms with Crippen LogP contribution in [0.25, 0.3) is 10.2 Å². The van der Waals surface area contributed by atoms with Gasteiger partial charge in [-0.15, -0.1) is 0 Å². The first-order chi connectivity index (χ1) is 13.2. The number of hydrogen-bond acceptors (Lipinski definition) is 5. The Labute approximate surface area is 169 Å². The van der Waals surface area contributed by atoms with E-state index >= 15 is 0 Å². The third-order valence-electron chi connectivity index (χ3n) is 5.53. The minimum Gasteiger partial charge on any atom is -0.379 e. The zero-order valence-electron chi connectivity index (χ0n) is 15.5. The SMILES string of the molecule is O=C(C1CCCCC1)N(CCN1CCOCC1)c1nc2ccc(Cl)cc2s1. The standard InChI is InChI=1S/C20H26ClN3O2S/c21-16-6-7-17-18(14-16)27-20(22-17)24(9-8-23-10-12-26-13-11-23)19(25)15-4-2-1-3-5-15/h6-7,14-15H,1-5,8-13H2. The van der Waals surface area contributed by atoms with E-state index in [2.05, 4.69) is 4.90 Å². The lowest BCUT2D eigenvalue weighted by Crippen LogP contribution is -2.45. The van der Waals surface area contributed by atoms with Crippen molar-refractivity contribution >= 4 is 44.2 Å². The van der Waals surface area contributed by atoms with E-state index < -0.39 is 0 Å². The Balaban J connectivity index is 1.56. The molecule has 1 amide bonds. The van der Waals surface area contributed by atoms with E-state index in [0.29, 0.717) is 11.6 Å². The van der Waals surface area contributed by atoms with Crippen molar-refractivity contribution in [3.8, 4) is 0 Å². The summed E-state index contributed by atoms with van der Waals surface area (Å²) in [4.78, 5) is 22.4. The average molecular weight is 408 g/mol. The number of thiazole rings is 1. The van der Waals surface area contributed by atoms with Gasteiger partial charge in [-0.05, 0) is 31.0 Å².